The highest BCUT2D eigenvalue weighted by atomic mass is 16.4. The maximum atomic E-state index is 10.6. The van der Waals surface area contributed by atoms with Gasteiger partial charge >= 0.3 is 6.09 Å². The predicted molar refractivity (Wildman–Crippen MR) is 40.9 cm³/mol. The van der Waals surface area contributed by atoms with E-state index >= 15 is 0 Å². The summed E-state index contributed by atoms with van der Waals surface area (Å²) in [4.78, 5) is 22.6. The largest absolute Gasteiger partial charge is 0.465 e. The number of anilines is 1. The topological polar surface area (TPSA) is 79.2 Å². The zero-order valence-electron chi connectivity index (χ0n) is 6.51. The highest BCUT2D eigenvalue weighted by Crippen LogP contribution is 2.02. The molecule has 0 saturated heterocycles. The summed E-state index contributed by atoms with van der Waals surface area (Å²) < 4.78 is 0. The first-order valence-electron chi connectivity index (χ1n) is 3.38. The van der Waals surface area contributed by atoms with Gasteiger partial charge in [0.25, 0.3) is 0 Å². The van der Waals surface area contributed by atoms with Crippen LogP contribution in [0.15, 0.2) is 12.7 Å². The number of rotatable bonds is 2. The Morgan fingerprint density at radius 2 is 2.17 bits per heavy atom. The van der Waals surface area contributed by atoms with Crippen LogP contribution >= 0.6 is 0 Å². The summed E-state index contributed by atoms with van der Waals surface area (Å²) in [5, 5.41) is 8.65. The Morgan fingerprint density at radius 1 is 1.58 bits per heavy atom. The molecule has 0 fully saturated rings. The molecule has 0 atom stereocenters. The first-order valence-corrected chi connectivity index (χ1v) is 3.38. The van der Waals surface area contributed by atoms with Gasteiger partial charge in [0.15, 0.2) is 0 Å². The van der Waals surface area contributed by atoms with Crippen LogP contribution in [0.3, 0.4) is 0 Å². The minimum Gasteiger partial charge on any atom is -0.465 e. The molecule has 1 heterocycles. The van der Waals surface area contributed by atoms with Crippen molar-refractivity contribution in [3.05, 3.63) is 12.7 Å². The van der Waals surface area contributed by atoms with Crippen LogP contribution in [0.1, 0.15) is 6.92 Å². The van der Waals surface area contributed by atoms with Crippen LogP contribution in [0.25, 0.3) is 0 Å². The highest BCUT2D eigenvalue weighted by molar-refractivity contribution is 5.83. The molecule has 0 aliphatic carbocycles. The van der Waals surface area contributed by atoms with E-state index in [-0.39, 0.29) is 5.95 Å². The van der Waals surface area contributed by atoms with Gasteiger partial charge in [-0.25, -0.2) is 24.6 Å². The van der Waals surface area contributed by atoms with Crippen molar-refractivity contribution in [1.29, 1.82) is 0 Å². The second kappa shape index (κ2) is 3.61. The van der Waals surface area contributed by atoms with Crippen molar-refractivity contribution in [3.63, 3.8) is 0 Å². The fourth-order valence-corrected chi connectivity index (χ4v) is 0.735. The summed E-state index contributed by atoms with van der Waals surface area (Å²) in [5.74, 6) is 0.153. The van der Waals surface area contributed by atoms with Crippen LogP contribution in [-0.2, 0) is 0 Å². The average molecular weight is 168 g/mol. The molecule has 1 aromatic heterocycles. The van der Waals surface area contributed by atoms with Gasteiger partial charge in [0.05, 0.1) is 0 Å². The van der Waals surface area contributed by atoms with Crippen molar-refractivity contribution in [1.82, 2.24) is 15.0 Å². The minimum absolute atomic E-state index is 0.153. The van der Waals surface area contributed by atoms with E-state index in [1.165, 1.54) is 12.7 Å². The van der Waals surface area contributed by atoms with Crippen molar-refractivity contribution in [2.75, 3.05) is 11.4 Å². The van der Waals surface area contributed by atoms with E-state index < -0.39 is 6.09 Å². The molecule has 6 heteroatoms. The van der Waals surface area contributed by atoms with Gasteiger partial charge in [0, 0.05) is 6.54 Å². The van der Waals surface area contributed by atoms with Gasteiger partial charge < -0.3 is 5.11 Å². The van der Waals surface area contributed by atoms with Crippen molar-refractivity contribution in [3.8, 4) is 0 Å². The first kappa shape index (κ1) is 8.38. The molecule has 6 nitrogen and oxygen atoms in total. The Morgan fingerprint density at radius 3 is 2.58 bits per heavy atom. The van der Waals surface area contributed by atoms with Gasteiger partial charge in [-0.3, -0.25) is 0 Å². The van der Waals surface area contributed by atoms with E-state index in [4.69, 9.17) is 5.11 Å². The molecular formula is C6H8N4O2. The van der Waals surface area contributed by atoms with Crippen LogP contribution in [0.5, 0.6) is 0 Å². The van der Waals surface area contributed by atoms with E-state index in [1.807, 2.05) is 0 Å². The molecular weight excluding hydrogens is 160 g/mol. The van der Waals surface area contributed by atoms with Gasteiger partial charge in [0.2, 0.25) is 5.95 Å². The molecule has 0 radical (unpaired) electrons. The number of hydrogen-bond acceptors (Lipinski definition) is 4. The third-order valence-electron chi connectivity index (χ3n) is 1.27. The summed E-state index contributed by atoms with van der Waals surface area (Å²) in [6, 6.07) is 0. The molecule has 0 unspecified atom stereocenters. The standard InChI is InChI=1S/C6H8N4O2/c1-2-10(6(11)12)5-8-3-7-4-9-5/h3-4H,2H2,1H3,(H,11,12). The molecule has 1 aromatic rings. The normalized spacial score (nSPS) is 9.42. The van der Waals surface area contributed by atoms with E-state index in [2.05, 4.69) is 15.0 Å². The van der Waals surface area contributed by atoms with Gasteiger partial charge in [-0.15, -0.1) is 0 Å². The van der Waals surface area contributed by atoms with Crippen molar-refractivity contribution in [2.45, 2.75) is 6.92 Å². The Balaban J connectivity index is 2.88. The lowest BCUT2D eigenvalue weighted by molar-refractivity contribution is 0.201. The first-order chi connectivity index (χ1) is 5.75. The maximum absolute atomic E-state index is 10.6. The summed E-state index contributed by atoms with van der Waals surface area (Å²) in [6.45, 7) is 2.03. The number of carboxylic acid groups (broad SMARTS) is 1. The summed E-state index contributed by atoms with van der Waals surface area (Å²) in [5.41, 5.74) is 0. The number of aromatic nitrogens is 3. The van der Waals surface area contributed by atoms with Gasteiger partial charge in [0.1, 0.15) is 12.7 Å². The number of carbonyl (C=O) groups is 1. The lowest BCUT2D eigenvalue weighted by atomic mass is 10.6. The Labute approximate surface area is 68.9 Å². The van der Waals surface area contributed by atoms with Gasteiger partial charge in [-0.2, -0.15) is 0 Å². The second-order valence-electron chi connectivity index (χ2n) is 1.97. The number of amides is 1. The molecule has 64 valence electrons. The van der Waals surface area contributed by atoms with Gasteiger partial charge in [-0.1, -0.05) is 0 Å². The molecule has 1 rings (SSSR count). The highest BCUT2D eigenvalue weighted by Gasteiger charge is 2.13. The van der Waals surface area contributed by atoms with Crippen LogP contribution in [0.4, 0.5) is 10.7 Å². The lowest BCUT2D eigenvalue weighted by Gasteiger charge is -2.12. The van der Waals surface area contributed by atoms with Crippen LogP contribution in [0.2, 0.25) is 0 Å². The Bertz CT molecular complexity index is 264. The van der Waals surface area contributed by atoms with Crippen LogP contribution < -0.4 is 4.90 Å². The maximum Gasteiger partial charge on any atom is 0.414 e. The SMILES string of the molecule is CCN(C(=O)O)c1ncncn1. The van der Waals surface area contributed by atoms with E-state index in [1.54, 1.807) is 6.92 Å². The third kappa shape index (κ3) is 1.66. The Hall–Kier alpha value is -1.72. The average Bonchev–Trinajstić information content (AvgIpc) is 2.07. The zero-order chi connectivity index (χ0) is 8.97. The fraction of sp³-hybridized carbons (Fsp3) is 0.333. The molecule has 1 amide bonds. The van der Waals surface area contributed by atoms with Crippen molar-refractivity contribution in [2.24, 2.45) is 0 Å². The van der Waals surface area contributed by atoms with E-state index in [0.717, 1.165) is 4.90 Å². The van der Waals surface area contributed by atoms with E-state index in [9.17, 15) is 4.79 Å². The molecule has 0 saturated carbocycles. The molecule has 0 aliphatic heterocycles. The quantitative estimate of drug-likeness (QED) is 0.690. The molecule has 12 heavy (non-hydrogen) atoms. The third-order valence-corrected chi connectivity index (χ3v) is 1.27. The molecule has 0 spiro atoms. The minimum atomic E-state index is -1.07. The Kier molecular flexibility index (Phi) is 2.52. The van der Waals surface area contributed by atoms with E-state index in [0.29, 0.717) is 6.54 Å². The van der Waals surface area contributed by atoms with Crippen molar-refractivity contribution >= 4 is 12.0 Å². The zero-order valence-corrected chi connectivity index (χ0v) is 6.51. The van der Waals surface area contributed by atoms with Gasteiger partial charge in [-0.05, 0) is 6.92 Å². The van der Waals surface area contributed by atoms with Crippen LogP contribution in [0, 0.1) is 0 Å². The fourth-order valence-electron chi connectivity index (χ4n) is 0.735. The lowest BCUT2D eigenvalue weighted by Crippen LogP contribution is -2.30. The smallest absolute Gasteiger partial charge is 0.414 e. The number of nitrogens with zero attached hydrogens (tertiary/aromatic N) is 4. The second-order valence-corrected chi connectivity index (χ2v) is 1.97. The van der Waals surface area contributed by atoms with Crippen molar-refractivity contribution < 1.29 is 9.90 Å². The molecule has 1 N–H and O–H groups in total. The predicted octanol–water partition coefficient (Wildman–Crippen LogP) is 0.376. The monoisotopic (exact) mass is 168 g/mol. The van der Waals surface area contributed by atoms with Crippen LogP contribution in [-0.4, -0.2) is 32.7 Å². The summed E-state index contributed by atoms with van der Waals surface area (Å²) >= 11 is 0. The molecule has 0 aliphatic rings. The summed E-state index contributed by atoms with van der Waals surface area (Å²) in [7, 11) is 0. The summed E-state index contributed by atoms with van der Waals surface area (Å²) in [6.07, 6.45) is 1.45. The molecule has 0 bridgehead atoms. The number of hydrogen-bond donors (Lipinski definition) is 1. The molecule has 0 aromatic carbocycles.